The van der Waals surface area contributed by atoms with E-state index in [0.717, 1.165) is 42.1 Å². The fraction of sp³-hybridized carbons (Fsp3) is 0.350. The van der Waals surface area contributed by atoms with E-state index in [1.165, 1.54) is 11.8 Å². The number of benzene rings is 1. The first kappa shape index (κ1) is 19.4. The number of piperazine rings is 1. The minimum absolute atomic E-state index is 0.121. The Morgan fingerprint density at radius 2 is 1.72 bits per heavy atom. The fourth-order valence-electron chi connectivity index (χ4n) is 3.31. The molecule has 9 heteroatoms. The van der Waals surface area contributed by atoms with Crippen molar-refractivity contribution in [1.82, 2.24) is 29.6 Å². The highest BCUT2D eigenvalue weighted by Gasteiger charge is 2.23. The second-order valence-corrected chi connectivity index (χ2v) is 7.56. The summed E-state index contributed by atoms with van der Waals surface area (Å²) in [5.41, 5.74) is 1.03. The highest BCUT2D eigenvalue weighted by molar-refractivity contribution is 7.99. The Hall–Kier alpha value is -2.94. The summed E-state index contributed by atoms with van der Waals surface area (Å²) in [5.74, 6) is 2.03. The number of rotatable bonds is 6. The van der Waals surface area contributed by atoms with Gasteiger partial charge in [-0.2, -0.15) is 0 Å². The van der Waals surface area contributed by atoms with E-state index in [0.29, 0.717) is 18.8 Å². The molecule has 0 unspecified atom stereocenters. The van der Waals surface area contributed by atoms with Gasteiger partial charge in [-0.05, 0) is 13.0 Å². The lowest BCUT2D eigenvalue weighted by molar-refractivity contribution is -0.128. The Morgan fingerprint density at radius 3 is 2.41 bits per heavy atom. The van der Waals surface area contributed by atoms with Crippen LogP contribution in [0.4, 0.5) is 5.95 Å². The van der Waals surface area contributed by atoms with E-state index in [9.17, 15) is 4.79 Å². The van der Waals surface area contributed by atoms with Crippen molar-refractivity contribution < 1.29 is 4.79 Å². The number of hydrogen-bond acceptors (Lipinski definition) is 7. The molecule has 0 saturated carbocycles. The quantitative estimate of drug-likeness (QED) is 0.577. The third-order valence-corrected chi connectivity index (χ3v) is 5.81. The van der Waals surface area contributed by atoms with Crippen molar-refractivity contribution in [2.75, 3.05) is 36.8 Å². The molecule has 0 N–H and O–H groups in total. The molecular weight excluding hydrogens is 386 g/mol. The first-order valence-corrected chi connectivity index (χ1v) is 10.7. The zero-order valence-corrected chi connectivity index (χ0v) is 17.1. The number of carbonyl (C=O) groups is 1. The van der Waals surface area contributed by atoms with Crippen molar-refractivity contribution in [3.05, 3.63) is 48.8 Å². The molecule has 0 aliphatic carbocycles. The van der Waals surface area contributed by atoms with Crippen LogP contribution in [0.3, 0.4) is 0 Å². The van der Waals surface area contributed by atoms with Gasteiger partial charge < -0.3 is 14.4 Å². The van der Waals surface area contributed by atoms with Crippen molar-refractivity contribution in [2.24, 2.45) is 0 Å². The van der Waals surface area contributed by atoms with Gasteiger partial charge in [0.25, 0.3) is 0 Å². The van der Waals surface area contributed by atoms with Crippen LogP contribution in [0.1, 0.15) is 6.92 Å². The van der Waals surface area contributed by atoms with E-state index in [4.69, 9.17) is 0 Å². The van der Waals surface area contributed by atoms with Gasteiger partial charge in [-0.3, -0.25) is 4.79 Å². The summed E-state index contributed by atoms with van der Waals surface area (Å²) in [6.07, 6.45) is 3.48. The van der Waals surface area contributed by atoms with Gasteiger partial charge in [0.1, 0.15) is 0 Å². The van der Waals surface area contributed by atoms with Crippen LogP contribution in [-0.2, 0) is 11.3 Å². The summed E-state index contributed by atoms with van der Waals surface area (Å²) in [7, 11) is 0. The molecule has 1 amide bonds. The highest BCUT2D eigenvalue weighted by atomic mass is 32.2. The predicted molar refractivity (Wildman–Crippen MR) is 113 cm³/mol. The molecule has 0 bridgehead atoms. The first-order chi connectivity index (χ1) is 14.3. The molecule has 0 radical (unpaired) electrons. The molecule has 0 atom stereocenters. The first-order valence-electron chi connectivity index (χ1n) is 9.67. The number of carbonyl (C=O) groups excluding carboxylic acids is 1. The molecule has 1 aliphatic heterocycles. The number of thioether (sulfide) groups is 1. The van der Waals surface area contributed by atoms with Crippen molar-refractivity contribution in [3.8, 4) is 11.4 Å². The molecule has 0 spiro atoms. The second kappa shape index (κ2) is 9.04. The van der Waals surface area contributed by atoms with Crippen LogP contribution in [0, 0.1) is 0 Å². The van der Waals surface area contributed by atoms with Crippen LogP contribution in [0.25, 0.3) is 11.4 Å². The largest absolute Gasteiger partial charge is 0.338 e. The smallest absolute Gasteiger partial charge is 0.233 e. The predicted octanol–water partition coefficient (Wildman–Crippen LogP) is 2.20. The molecule has 1 saturated heterocycles. The summed E-state index contributed by atoms with van der Waals surface area (Å²) in [6, 6.07) is 11.8. The maximum absolute atomic E-state index is 12.7. The highest BCUT2D eigenvalue weighted by Crippen LogP contribution is 2.24. The zero-order valence-electron chi connectivity index (χ0n) is 16.3. The molecule has 29 heavy (non-hydrogen) atoms. The van der Waals surface area contributed by atoms with Crippen molar-refractivity contribution in [3.63, 3.8) is 0 Å². The molecule has 1 aliphatic rings. The van der Waals surface area contributed by atoms with Crippen LogP contribution in [0.15, 0.2) is 53.9 Å². The maximum atomic E-state index is 12.7. The SMILES string of the molecule is CCn1c(SCC(=O)N2CCN(c3ncccn3)CC2)nnc1-c1ccccc1. The van der Waals surface area contributed by atoms with Crippen LogP contribution >= 0.6 is 11.8 Å². The lowest BCUT2D eigenvalue weighted by Gasteiger charge is -2.34. The van der Waals surface area contributed by atoms with E-state index in [1.54, 1.807) is 18.5 Å². The molecule has 4 rings (SSSR count). The van der Waals surface area contributed by atoms with Crippen molar-refractivity contribution >= 4 is 23.6 Å². The Kier molecular flexibility index (Phi) is 6.04. The maximum Gasteiger partial charge on any atom is 0.233 e. The average molecular weight is 410 g/mol. The van der Waals surface area contributed by atoms with E-state index in [2.05, 4.69) is 36.6 Å². The zero-order chi connectivity index (χ0) is 20.1. The van der Waals surface area contributed by atoms with Gasteiger partial charge in [0.2, 0.25) is 11.9 Å². The van der Waals surface area contributed by atoms with Gasteiger partial charge in [0, 0.05) is 50.7 Å². The number of aromatic nitrogens is 5. The minimum Gasteiger partial charge on any atom is -0.338 e. The topological polar surface area (TPSA) is 80.0 Å². The molecule has 3 aromatic rings. The fourth-order valence-corrected chi connectivity index (χ4v) is 4.21. The van der Waals surface area contributed by atoms with Gasteiger partial charge in [-0.15, -0.1) is 10.2 Å². The summed E-state index contributed by atoms with van der Waals surface area (Å²) >= 11 is 1.45. The molecular formula is C20H23N7OS. The third-order valence-electron chi connectivity index (χ3n) is 4.86. The monoisotopic (exact) mass is 409 g/mol. The van der Waals surface area contributed by atoms with Crippen molar-refractivity contribution in [2.45, 2.75) is 18.6 Å². The summed E-state index contributed by atoms with van der Waals surface area (Å²) in [6.45, 7) is 5.64. The lowest BCUT2D eigenvalue weighted by atomic mass is 10.2. The van der Waals surface area contributed by atoms with E-state index in [-0.39, 0.29) is 5.91 Å². The number of amides is 1. The number of nitrogens with zero attached hydrogens (tertiary/aromatic N) is 7. The van der Waals surface area contributed by atoms with E-state index >= 15 is 0 Å². The third kappa shape index (κ3) is 4.40. The molecule has 1 aromatic carbocycles. The lowest BCUT2D eigenvalue weighted by Crippen LogP contribution is -2.49. The van der Waals surface area contributed by atoms with Gasteiger partial charge >= 0.3 is 0 Å². The minimum atomic E-state index is 0.121. The van der Waals surface area contributed by atoms with Crippen LogP contribution in [-0.4, -0.2) is 67.5 Å². The molecule has 8 nitrogen and oxygen atoms in total. The Labute approximate surface area is 174 Å². The second-order valence-electron chi connectivity index (χ2n) is 6.62. The molecule has 2 aromatic heterocycles. The van der Waals surface area contributed by atoms with Crippen LogP contribution in [0.2, 0.25) is 0 Å². The number of anilines is 1. The Morgan fingerprint density at radius 1 is 1.00 bits per heavy atom. The van der Waals surface area contributed by atoms with E-state index in [1.807, 2.05) is 35.2 Å². The molecule has 1 fully saturated rings. The summed E-state index contributed by atoms with van der Waals surface area (Å²) < 4.78 is 2.05. The van der Waals surface area contributed by atoms with Crippen LogP contribution in [0.5, 0.6) is 0 Å². The average Bonchev–Trinajstić information content (AvgIpc) is 3.21. The number of hydrogen-bond donors (Lipinski definition) is 0. The normalized spacial score (nSPS) is 14.2. The molecule has 3 heterocycles. The van der Waals surface area contributed by atoms with Gasteiger partial charge in [0.05, 0.1) is 5.75 Å². The van der Waals surface area contributed by atoms with Gasteiger partial charge in [-0.1, -0.05) is 42.1 Å². The summed E-state index contributed by atoms with van der Waals surface area (Å²) in [4.78, 5) is 25.3. The standard InChI is InChI=1S/C20H23N7OS/c1-2-27-18(16-7-4-3-5-8-16)23-24-20(27)29-15-17(28)25-11-13-26(14-12-25)19-21-9-6-10-22-19/h3-10H,2,11-15H2,1H3. The Balaban J connectivity index is 1.34. The Bertz CT molecular complexity index is 940. The molecule has 150 valence electrons. The van der Waals surface area contributed by atoms with Crippen LogP contribution < -0.4 is 4.90 Å². The van der Waals surface area contributed by atoms with E-state index < -0.39 is 0 Å². The summed E-state index contributed by atoms with van der Waals surface area (Å²) in [5, 5.41) is 9.42. The van der Waals surface area contributed by atoms with Gasteiger partial charge in [-0.25, -0.2) is 9.97 Å². The van der Waals surface area contributed by atoms with Gasteiger partial charge in [0.15, 0.2) is 11.0 Å². The van der Waals surface area contributed by atoms with Crippen molar-refractivity contribution in [1.29, 1.82) is 0 Å².